The zero-order valence-corrected chi connectivity index (χ0v) is 17.4. The number of nitrogens with two attached hydrogens (primary N) is 1. The molecule has 5 rings (SSSR count). The summed E-state index contributed by atoms with van der Waals surface area (Å²) in [5, 5.41) is 0. The number of benzene rings is 2. The van der Waals surface area contributed by atoms with Crippen LogP contribution in [0, 0.1) is 0 Å². The van der Waals surface area contributed by atoms with Crippen molar-refractivity contribution in [1.29, 1.82) is 0 Å². The van der Waals surface area contributed by atoms with E-state index in [0.717, 1.165) is 29.7 Å². The molecule has 2 aliphatic heterocycles. The fraction of sp³-hybridized carbons (Fsp3) is 0.269. The Labute approximate surface area is 182 Å². The largest absolute Gasteiger partial charge is 0.492 e. The van der Waals surface area contributed by atoms with Crippen molar-refractivity contribution in [2.24, 2.45) is 5.73 Å². The van der Waals surface area contributed by atoms with Crippen LogP contribution in [-0.2, 0) is 12.0 Å². The van der Waals surface area contributed by atoms with Gasteiger partial charge in [-0.1, -0.05) is 48.5 Å². The smallest absolute Gasteiger partial charge is 0.289 e. The van der Waals surface area contributed by atoms with Crippen molar-refractivity contribution in [1.82, 2.24) is 4.90 Å². The minimum Gasteiger partial charge on any atom is -0.492 e. The van der Waals surface area contributed by atoms with Gasteiger partial charge in [0.15, 0.2) is 5.76 Å². The Morgan fingerprint density at radius 3 is 2.61 bits per heavy atom. The van der Waals surface area contributed by atoms with Gasteiger partial charge in [0.25, 0.3) is 5.91 Å². The number of rotatable bonds is 4. The predicted molar refractivity (Wildman–Crippen MR) is 121 cm³/mol. The second-order valence-corrected chi connectivity index (χ2v) is 8.34. The monoisotopic (exact) mass is 414 g/mol. The molecule has 31 heavy (non-hydrogen) atoms. The lowest BCUT2D eigenvalue weighted by atomic mass is 9.74. The summed E-state index contributed by atoms with van der Waals surface area (Å²) in [6.07, 6.45) is 5.62. The van der Waals surface area contributed by atoms with Crippen LogP contribution < -0.4 is 10.5 Å². The van der Waals surface area contributed by atoms with Gasteiger partial charge in [-0.15, -0.1) is 0 Å². The van der Waals surface area contributed by atoms with Gasteiger partial charge in [0.1, 0.15) is 11.5 Å². The zero-order valence-electron chi connectivity index (χ0n) is 17.4. The first-order valence-corrected chi connectivity index (χ1v) is 10.8. The minimum atomic E-state index is -0.0518. The molecule has 3 heterocycles. The van der Waals surface area contributed by atoms with E-state index >= 15 is 0 Å². The Balaban J connectivity index is 1.26. The molecule has 0 saturated carbocycles. The van der Waals surface area contributed by atoms with E-state index in [1.807, 2.05) is 65.6 Å². The average Bonchev–Trinajstić information content (AvgIpc) is 3.44. The van der Waals surface area contributed by atoms with Crippen LogP contribution in [0.25, 0.3) is 12.2 Å². The van der Waals surface area contributed by atoms with E-state index in [4.69, 9.17) is 14.9 Å². The van der Waals surface area contributed by atoms with E-state index in [0.29, 0.717) is 37.8 Å². The normalized spacial score (nSPS) is 17.1. The molecular formula is C26H26N2O3. The molecule has 2 aliphatic rings. The number of amides is 1. The summed E-state index contributed by atoms with van der Waals surface area (Å²) in [4.78, 5) is 14.9. The number of likely N-dealkylation sites (tertiary alicyclic amines) is 1. The van der Waals surface area contributed by atoms with Crippen molar-refractivity contribution >= 4 is 18.1 Å². The highest BCUT2D eigenvalue weighted by molar-refractivity contribution is 5.92. The molecule has 5 heteroatoms. The zero-order chi connectivity index (χ0) is 21.3. The lowest BCUT2D eigenvalue weighted by Crippen LogP contribution is -2.46. The van der Waals surface area contributed by atoms with E-state index in [1.165, 1.54) is 5.56 Å². The molecule has 5 nitrogen and oxygen atoms in total. The Morgan fingerprint density at radius 2 is 1.84 bits per heavy atom. The highest BCUT2D eigenvalue weighted by atomic mass is 16.5. The molecule has 1 saturated heterocycles. The topological polar surface area (TPSA) is 68.7 Å². The van der Waals surface area contributed by atoms with Crippen molar-refractivity contribution in [3.8, 4) is 5.75 Å². The van der Waals surface area contributed by atoms with Crippen LogP contribution in [0.15, 0.2) is 65.1 Å². The number of furan rings is 1. The molecule has 0 bridgehead atoms. The van der Waals surface area contributed by atoms with Gasteiger partial charge in [0, 0.05) is 30.6 Å². The predicted octanol–water partition coefficient (Wildman–Crippen LogP) is 4.48. The third kappa shape index (κ3) is 3.77. The fourth-order valence-corrected chi connectivity index (χ4v) is 4.55. The van der Waals surface area contributed by atoms with E-state index in [1.54, 1.807) is 6.07 Å². The molecule has 1 fully saturated rings. The maximum Gasteiger partial charge on any atom is 0.289 e. The van der Waals surface area contributed by atoms with Crippen LogP contribution in [0.1, 0.15) is 45.8 Å². The fourth-order valence-electron chi connectivity index (χ4n) is 4.55. The second-order valence-electron chi connectivity index (χ2n) is 8.34. The van der Waals surface area contributed by atoms with Crippen LogP contribution in [-0.4, -0.2) is 30.5 Å². The van der Waals surface area contributed by atoms with Crippen LogP contribution in [0.3, 0.4) is 0 Å². The van der Waals surface area contributed by atoms with Crippen LogP contribution in [0.2, 0.25) is 0 Å². The summed E-state index contributed by atoms with van der Waals surface area (Å²) < 4.78 is 11.8. The molecule has 3 aromatic rings. The SMILES string of the molecule is NCc1ccc2c(c1)C1(CCN(C(=O)c3ccc(/C=C\c4ccccc4)o3)CC1)CO2. The van der Waals surface area contributed by atoms with Gasteiger partial charge in [0.05, 0.1) is 6.61 Å². The molecule has 2 aromatic carbocycles. The van der Waals surface area contributed by atoms with Crippen LogP contribution in [0.4, 0.5) is 0 Å². The quantitative estimate of drug-likeness (QED) is 0.684. The summed E-state index contributed by atoms with van der Waals surface area (Å²) in [5.74, 6) is 1.96. The van der Waals surface area contributed by atoms with Gasteiger partial charge in [-0.05, 0) is 48.2 Å². The van der Waals surface area contributed by atoms with Crippen molar-refractivity contribution < 1.29 is 13.9 Å². The second kappa shape index (κ2) is 8.08. The maximum absolute atomic E-state index is 13.0. The number of nitrogens with zero attached hydrogens (tertiary/aromatic N) is 1. The molecule has 158 valence electrons. The Morgan fingerprint density at radius 1 is 1.03 bits per heavy atom. The lowest BCUT2D eigenvalue weighted by molar-refractivity contribution is 0.0615. The minimum absolute atomic E-state index is 0.0238. The van der Waals surface area contributed by atoms with Gasteiger partial charge < -0.3 is 19.8 Å². The standard InChI is InChI=1S/C26H26N2O3/c27-17-20-7-10-23-22(16-20)26(18-30-23)12-14-28(15-13-26)25(29)24-11-9-21(31-24)8-6-19-4-2-1-3-5-19/h1-11,16H,12-15,17-18,27H2/b8-6-. The summed E-state index contributed by atoms with van der Waals surface area (Å²) in [6, 6.07) is 19.8. The third-order valence-electron chi connectivity index (χ3n) is 6.44. The first kappa shape index (κ1) is 19.6. The highest BCUT2D eigenvalue weighted by Gasteiger charge is 2.44. The number of carbonyl (C=O) groups is 1. The van der Waals surface area contributed by atoms with Gasteiger partial charge >= 0.3 is 0 Å². The van der Waals surface area contributed by atoms with Gasteiger partial charge in [-0.25, -0.2) is 0 Å². The van der Waals surface area contributed by atoms with Crippen molar-refractivity contribution in [2.45, 2.75) is 24.8 Å². The molecule has 0 atom stereocenters. The maximum atomic E-state index is 13.0. The number of hydrogen-bond acceptors (Lipinski definition) is 4. The van der Waals surface area contributed by atoms with Gasteiger partial charge in [-0.3, -0.25) is 4.79 Å². The van der Waals surface area contributed by atoms with Crippen molar-refractivity contribution in [3.05, 3.63) is 88.9 Å². The molecular weight excluding hydrogens is 388 g/mol. The van der Waals surface area contributed by atoms with E-state index in [2.05, 4.69) is 6.07 Å². The van der Waals surface area contributed by atoms with E-state index in [9.17, 15) is 4.79 Å². The summed E-state index contributed by atoms with van der Waals surface area (Å²) in [6.45, 7) is 2.57. The number of carbonyl (C=O) groups excluding carboxylic acids is 1. The molecule has 0 aliphatic carbocycles. The molecule has 2 N–H and O–H groups in total. The van der Waals surface area contributed by atoms with Crippen LogP contribution in [0.5, 0.6) is 5.75 Å². The van der Waals surface area contributed by atoms with Crippen molar-refractivity contribution in [2.75, 3.05) is 19.7 Å². The lowest BCUT2D eigenvalue weighted by Gasteiger charge is -2.38. The molecule has 1 amide bonds. The third-order valence-corrected chi connectivity index (χ3v) is 6.44. The molecule has 0 unspecified atom stereocenters. The molecule has 0 radical (unpaired) electrons. The van der Waals surface area contributed by atoms with Gasteiger partial charge in [0.2, 0.25) is 0 Å². The van der Waals surface area contributed by atoms with E-state index < -0.39 is 0 Å². The Kier molecular flexibility index (Phi) is 5.12. The first-order chi connectivity index (χ1) is 15.2. The van der Waals surface area contributed by atoms with Crippen molar-refractivity contribution in [3.63, 3.8) is 0 Å². The summed E-state index contributed by atoms with van der Waals surface area (Å²) in [7, 11) is 0. The summed E-state index contributed by atoms with van der Waals surface area (Å²) in [5.41, 5.74) is 9.26. The summed E-state index contributed by atoms with van der Waals surface area (Å²) >= 11 is 0. The van der Waals surface area contributed by atoms with Gasteiger partial charge in [-0.2, -0.15) is 0 Å². The van der Waals surface area contributed by atoms with Crippen LogP contribution >= 0.6 is 0 Å². The average molecular weight is 415 g/mol. The highest BCUT2D eigenvalue weighted by Crippen LogP contribution is 2.46. The Hall–Kier alpha value is -3.31. The first-order valence-electron chi connectivity index (χ1n) is 10.8. The number of fused-ring (bicyclic) bond motifs is 2. The molecule has 1 spiro atoms. The number of piperidine rings is 1. The Bertz CT molecular complexity index is 1110. The molecule has 1 aromatic heterocycles. The van der Waals surface area contributed by atoms with E-state index in [-0.39, 0.29) is 11.3 Å². The number of hydrogen-bond donors (Lipinski definition) is 1. The number of ether oxygens (including phenoxy) is 1.